The molecule has 0 aliphatic heterocycles. The number of halogens is 2. The van der Waals surface area contributed by atoms with Gasteiger partial charge in [-0.05, 0) is 23.8 Å². The molecule has 0 fully saturated rings. The molecule has 0 atom stereocenters. The predicted octanol–water partition coefficient (Wildman–Crippen LogP) is 2.59. The molecule has 0 aliphatic carbocycles. The van der Waals surface area contributed by atoms with Gasteiger partial charge in [-0.2, -0.15) is 5.26 Å². The zero-order valence-electron chi connectivity index (χ0n) is 7.56. The molecule has 0 saturated heterocycles. The number of nitrogens with one attached hydrogen (secondary N) is 1. The summed E-state index contributed by atoms with van der Waals surface area (Å²) in [5, 5.41) is 11.4. The van der Waals surface area contributed by atoms with Gasteiger partial charge in [-0.25, -0.2) is 4.39 Å². The van der Waals surface area contributed by atoms with E-state index in [2.05, 4.69) is 21.2 Å². The van der Waals surface area contributed by atoms with Gasteiger partial charge in [0.05, 0.1) is 6.07 Å². The van der Waals surface area contributed by atoms with Gasteiger partial charge in [-0.1, -0.05) is 15.9 Å². The Morgan fingerprint density at radius 2 is 2.29 bits per heavy atom. The maximum absolute atomic E-state index is 12.8. The molecule has 1 aromatic rings. The first-order valence-corrected chi connectivity index (χ1v) is 5.05. The second-order valence-electron chi connectivity index (χ2n) is 2.82. The molecular formula is C10H10BrFN2. The Morgan fingerprint density at radius 3 is 3.00 bits per heavy atom. The minimum absolute atomic E-state index is 0.245. The number of hydrogen-bond acceptors (Lipinski definition) is 2. The minimum atomic E-state index is -0.245. The van der Waals surface area contributed by atoms with Crippen LogP contribution in [-0.2, 0) is 6.54 Å². The lowest BCUT2D eigenvalue weighted by Gasteiger charge is -2.05. The summed E-state index contributed by atoms with van der Waals surface area (Å²) in [6, 6.07) is 6.59. The molecule has 14 heavy (non-hydrogen) atoms. The van der Waals surface area contributed by atoms with Crippen molar-refractivity contribution >= 4 is 15.9 Å². The standard InChI is InChI=1S/C10H10BrFN2/c11-10-3-2-9(12)6-8(10)7-14-5-1-4-13/h2-3,6,14H,1,5,7H2. The molecule has 0 aliphatic rings. The van der Waals surface area contributed by atoms with Gasteiger partial charge in [0.25, 0.3) is 0 Å². The van der Waals surface area contributed by atoms with Crippen molar-refractivity contribution in [3.05, 3.63) is 34.1 Å². The highest BCUT2D eigenvalue weighted by Gasteiger charge is 2.00. The zero-order chi connectivity index (χ0) is 10.4. The van der Waals surface area contributed by atoms with Gasteiger partial charge in [0, 0.05) is 24.0 Å². The van der Waals surface area contributed by atoms with Gasteiger partial charge in [0.1, 0.15) is 5.82 Å². The summed E-state index contributed by atoms with van der Waals surface area (Å²) < 4.78 is 13.7. The number of rotatable bonds is 4. The Morgan fingerprint density at radius 1 is 1.50 bits per heavy atom. The maximum Gasteiger partial charge on any atom is 0.123 e. The van der Waals surface area contributed by atoms with Gasteiger partial charge in [0.15, 0.2) is 0 Å². The van der Waals surface area contributed by atoms with Gasteiger partial charge in [-0.15, -0.1) is 0 Å². The van der Waals surface area contributed by atoms with Crippen LogP contribution in [-0.4, -0.2) is 6.54 Å². The summed E-state index contributed by atoms with van der Waals surface area (Å²) in [4.78, 5) is 0. The molecule has 0 unspecified atom stereocenters. The Kier molecular flexibility index (Phi) is 4.57. The van der Waals surface area contributed by atoms with Crippen LogP contribution >= 0.6 is 15.9 Å². The van der Waals surface area contributed by atoms with Crippen molar-refractivity contribution in [2.75, 3.05) is 6.54 Å². The third kappa shape index (κ3) is 3.44. The second-order valence-corrected chi connectivity index (χ2v) is 3.67. The fourth-order valence-electron chi connectivity index (χ4n) is 1.05. The van der Waals surface area contributed by atoms with Crippen LogP contribution in [0, 0.1) is 17.1 Å². The summed E-state index contributed by atoms with van der Waals surface area (Å²) in [5.74, 6) is -0.245. The van der Waals surface area contributed by atoms with E-state index in [-0.39, 0.29) is 5.82 Å². The molecule has 4 heteroatoms. The first kappa shape index (κ1) is 11.2. The Labute approximate surface area is 90.9 Å². The summed E-state index contributed by atoms with van der Waals surface area (Å²) in [5.41, 5.74) is 0.864. The predicted molar refractivity (Wildman–Crippen MR) is 56.0 cm³/mol. The molecule has 0 aromatic heterocycles. The van der Waals surface area contributed by atoms with Gasteiger partial charge >= 0.3 is 0 Å². The highest BCUT2D eigenvalue weighted by atomic mass is 79.9. The summed E-state index contributed by atoms with van der Waals surface area (Å²) in [7, 11) is 0. The average Bonchev–Trinajstić information content (AvgIpc) is 2.18. The van der Waals surface area contributed by atoms with Crippen LogP contribution < -0.4 is 5.32 Å². The first-order chi connectivity index (χ1) is 6.74. The van der Waals surface area contributed by atoms with E-state index < -0.39 is 0 Å². The highest BCUT2D eigenvalue weighted by Crippen LogP contribution is 2.17. The third-order valence-corrected chi connectivity index (χ3v) is 2.51. The zero-order valence-corrected chi connectivity index (χ0v) is 9.14. The molecule has 0 bridgehead atoms. The Bertz CT molecular complexity index is 346. The summed E-state index contributed by atoms with van der Waals surface area (Å²) >= 11 is 3.33. The van der Waals surface area contributed by atoms with Crippen LogP contribution in [0.2, 0.25) is 0 Å². The molecule has 74 valence electrons. The van der Waals surface area contributed by atoms with E-state index in [1.807, 2.05) is 6.07 Å². The lowest BCUT2D eigenvalue weighted by atomic mass is 10.2. The van der Waals surface area contributed by atoms with Crippen molar-refractivity contribution in [1.29, 1.82) is 5.26 Å². The fraction of sp³-hybridized carbons (Fsp3) is 0.300. The lowest BCUT2D eigenvalue weighted by molar-refractivity contribution is 0.620. The topological polar surface area (TPSA) is 35.8 Å². The van der Waals surface area contributed by atoms with Gasteiger partial charge in [0.2, 0.25) is 0 Å². The van der Waals surface area contributed by atoms with Crippen molar-refractivity contribution in [2.45, 2.75) is 13.0 Å². The van der Waals surface area contributed by atoms with Crippen molar-refractivity contribution in [2.24, 2.45) is 0 Å². The quantitative estimate of drug-likeness (QED) is 0.841. The van der Waals surface area contributed by atoms with Gasteiger partial charge < -0.3 is 5.32 Å². The van der Waals surface area contributed by atoms with E-state index in [1.165, 1.54) is 12.1 Å². The van der Waals surface area contributed by atoms with Crippen molar-refractivity contribution in [3.8, 4) is 6.07 Å². The Balaban J connectivity index is 2.50. The summed E-state index contributed by atoms with van der Waals surface area (Å²) in [6.45, 7) is 1.19. The van der Waals surface area contributed by atoms with E-state index in [4.69, 9.17) is 5.26 Å². The van der Waals surface area contributed by atoms with E-state index >= 15 is 0 Å². The lowest BCUT2D eigenvalue weighted by Crippen LogP contribution is -2.14. The average molecular weight is 257 g/mol. The molecule has 2 nitrogen and oxygen atoms in total. The molecule has 0 saturated carbocycles. The van der Waals surface area contributed by atoms with Crippen molar-refractivity contribution in [1.82, 2.24) is 5.32 Å². The minimum Gasteiger partial charge on any atom is -0.312 e. The van der Waals surface area contributed by atoms with Crippen molar-refractivity contribution < 1.29 is 4.39 Å². The molecule has 1 N–H and O–H groups in total. The molecule has 0 heterocycles. The molecule has 0 radical (unpaired) electrons. The monoisotopic (exact) mass is 256 g/mol. The SMILES string of the molecule is N#CCCNCc1cc(F)ccc1Br. The largest absolute Gasteiger partial charge is 0.312 e. The fourth-order valence-corrected chi connectivity index (χ4v) is 1.43. The van der Waals surface area contributed by atoms with E-state index in [0.717, 1.165) is 10.0 Å². The number of nitriles is 1. The van der Waals surface area contributed by atoms with Crippen LogP contribution in [0.25, 0.3) is 0 Å². The van der Waals surface area contributed by atoms with Crippen LogP contribution in [0.5, 0.6) is 0 Å². The van der Waals surface area contributed by atoms with Crippen LogP contribution in [0.1, 0.15) is 12.0 Å². The van der Waals surface area contributed by atoms with Crippen LogP contribution in [0.3, 0.4) is 0 Å². The third-order valence-electron chi connectivity index (χ3n) is 1.74. The van der Waals surface area contributed by atoms with Crippen LogP contribution in [0.4, 0.5) is 4.39 Å². The van der Waals surface area contributed by atoms with Gasteiger partial charge in [-0.3, -0.25) is 0 Å². The molecule has 1 rings (SSSR count). The van der Waals surface area contributed by atoms with E-state index in [0.29, 0.717) is 19.5 Å². The normalized spacial score (nSPS) is 9.79. The summed E-state index contributed by atoms with van der Waals surface area (Å²) in [6.07, 6.45) is 0.465. The highest BCUT2D eigenvalue weighted by molar-refractivity contribution is 9.10. The van der Waals surface area contributed by atoms with E-state index in [1.54, 1.807) is 6.07 Å². The molecule has 0 amide bonds. The number of nitrogens with zero attached hydrogens (tertiary/aromatic N) is 1. The number of benzene rings is 1. The maximum atomic E-state index is 12.8. The molecule has 0 spiro atoms. The smallest absolute Gasteiger partial charge is 0.123 e. The van der Waals surface area contributed by atoms with Crippen LogP contribution in [0.15, 0.2) is 22.7 Å². The molecular weight excluding hydrogens is 247 g/mol. The van der Waals surface area contributed by atoms with Crippen molar-refractivity contribution in [3.63, 3.8) is 0 Å². The Hall–Kier alpha value is -0.920. The van der Waals surface area contributed by atoms with E-state index in [9.17, 15) is 4.39 Å². The molecule has 1 aromatic carbocycles. The second kappa shape index (κ2) is 5.74. The number of hydrogen-bond donors (Lipinski definition) is 1. The first-order valence-electron chi connectivity index (χ1n) is 4.25.